The molecule has 2 aromatic carbocycles. The molecule has 0 aliphatic rings. The van der Waals surface area contributed by atoms with Crippen molar-refractivity contribution >= 4 is 27.9 Å². The van der Waals surface area contributed by atoms with Crippen LogP contribution in [0.4, 0.5) is 0 Å². The van der Waals surface area contributed by atoms with E-state index < -0.39 is 28.4 Å². The molecule has 0 aliphatic carbocycles. The largest absolute Gasteiger partial charge is 0.272 e. The van der Waals surface area contributed by atoms with E-state index in [0.717, 1.165) is 21.0 Å². The second kappa shape index (κ2) is 9.29. The third-order valence-corrected chi connectivity index (χ3v) is 5.71. The monoisotopic (exact) mass is 401 g/mol. The van der Waals surface area contributed by atoms with Gasteiger partial charge in [0.05, 0.1) is 11.4 Å². The highest BCUT2D eigenvalue weighted by Crippen LogP contribution is 2.14. The number of benzene rings is 2. The lowest BCUT2D eigenvalue weighted by molar-refractivity contribution is -0.126. The smallest absolute Gasteiger partial charge is 0.262 e. The Kier molecular flexibility index (Phi) is 7.08. The molecule has 0 fully saturated rings. The first kappa shape index (κ1) is 21.3. The van der Waals surface area contributed by atoms with E-state index in [9.17, 15) is 18.0 Å². The molecule has 7 nitrogen and oxygen atoms in total. The molecular formula is C20H23N3O4S. The number of carbonyl (C=O) groups is 2. The van der Waals surface area contributed by atoms with Crippen LogP contribution in [0.1, 0.15) is 16.7 Å². The second-order valence-corrected chi connectivity index (χ2v) is 8.40. The zero-order valence-electron chi connectivity index (χ0n) is 16.0. The van der Waals surface area contributed by atoms with Crippen LogP contribution in [-0.2, 0) is 19.6 Å². The zero-order chi connectivity index (χ0) is 20.7. The van der Waals surface area contributed by atoms with E-state index in [1.807, 2.05) is 38.1 Å². The van der Waals surface area contributed by atoms with Crippen molar-refractivity contribution < 1.29 is 18.0 Å². The van der Waals surface area contributed by atoms with Gasteiger partial charge in [-0.1, -0.05) is 47.5 Å². The molecule has 0 radical (unpaired) electrons. The molecule has 28 heavy (non-hydrogen) atoms. The second-order valence-electron chi connectivity index (χ2n) is 6.36. The van der Waals surface area contributed by atoms with Gasteiger partial charge >= 0.3 is 0 Å². The number of hydrogen-bond donors (Lipinski definition) is 2. The molecule has 0 saturated carbocycles. The highest BCUT2D eigenvalue weighted by atomic mass is 32.2. The van der Waals surface area contributed by atoms with Crippen molar-refractivity contribution in [1.29, 1.82) is 0 Å². The summed E-state index contributed by atoms with van der Waals surface area (Å²) < 4.78 is 25.8. The number of carbonyl (C=O) groups excluding carboxylic acids is 2. The molecule has 148 valence electrons. The van der Waals surface area contributed by atoms with Gasteiger partial charge in [0.15, 0.2) is 0 Å². The minimum atomic E-state index is -3.79. The molecule has 0 aliphatic heterocycles. The first-order valence-electron chi connectivity index (χ1n) is 8.55. The van der Waals surface area contributed by atoms with Crippen molar-refractivity contribution in [1.82, 2.24) is 15.2 Å². The fourth-order valence-electron chi connectivity index (χ4n) is 2.34. The van der Waals surface area contributed by atoms with Crippen LogP contribution in [0.3, 0.4) is 0 Å². The summed E-state index contributed by atoms with van der Waals surface area (Å²) in [6.07, 6.45) is 2.89. The van der Waals surface area contributed by atoms with Crippen molar-refractivity contribution in [2.75, 3.05) is 13.6 Å². The summed E-state index contributed by atoms with van der Waals surface area (Å²) in [7, 11) is -2.49. The van der Waals surface area contributed by atoms with Crippen LogP contribution in [0.2, 0.25) is 0 Å². The van der Waals surface area contributed by atoms with Crippen LogP contribution >= 0.6 is 0 Å². The summed E-state index contributed by atoms with van der Waals surface area (Å²) in [5, 5.41) is 0. The Morgan fingerprint density at radius 1 is 1.00 bits per heavy atom. The molecule has 2 rings (SSSR count). The van der Waals surface area contributed by atoms with Crippen molar-refractivity contribution in [2.45, 2.75) is 18.7 Å². The van der Waals surface area contributed by atoms with E-state index in [1.54, 1.807) is 18.2 Å². The first-order valence-corrected chi connectivity index (χ1v) is 9.99. The van der Waals surface area contributed by atoms with Gasteiger partial charge in [0.25, 0.3) is 11.8 Å². The van der Waals surface area contributed by atoms with Gasteiger partial charge < -0.3 is 0 Å². The molecule has 0 unspecified atom stereocenters. The van der Waals surface area contributed by atoms with E-state index in [4.69, 9.17) is 0 Å². The molecule has 0 aromatic heterocycles. The average Bonchev–Trinajstić information content (AvgIpc) is 2.65. The summed E-state index contributed by atoms with van der Waals surface area (Å²) in [6, 6.07) is 13.9. The number of hydrazine groups is 1. The fourth-order valence-corrected chi connectivity index (χ4v) is 3.46. The topological polar surface area (TPSA) is 95.6 Å². The highest BCUT2D eigenvalue weighted by molar-refractivity contribution is 7.89. The van der Waals surface area contributed by atoms with E-state index in [2.05, 4.69) is 10.9 Å². The lowest BCUT2D eigenvalue weighted by atomic mass is 10.1. The molecule has 0 spiro atoms. The highest BCUT2D eigenvalue weighted by Gasteiger charge is 2.22. The quantitative estimate of drug-likeness (QED) is 0.570. The standard InChI is InChI=1S/C20H23N3O4S/c1-15-7-10-18(11-8-15)28(26,27)23(3)14-20(25)22-21-19(24)12-9-17-6-4-5-16(2)13-17/h4-13H,14H2,1-3H3,(H,21,24)(H,22,25)/b12-9+. The Hall–Kier alpha value is -2.97. The Balaban J connectivity index is 1.87. The number of rotatable bonds is 6. The Morgan fingerprint density at radius 3 is 2.32 bits per heavy atom. The Bertz CT molecular complexity index is 983. The van der Waals surface area contributed by atoms with Crippen molar-refractivity contribution in [3.8, 4) is 0 Å². The van der Waals surface area contributed by atoms with Gasteiger partial charge in [0, 0.05) is 13.1 Å². The van der Waals surface area contributed by atoms with Crippen molar-refractivity contribution in [3.05, 3.63) is 71.3 Å². The lowest BCUT2D eigenvalue weighted by Gasteiger charge is -2.17. The number of nitrogens with one attached hydrogen (secondary N) is 2. The van der Waals surface area contributed by atoms with Crippen LogP contribution in [0.5, 0.6) is 0 Å². The van der Waals surface area contributed by atoms with Crippen LogP contribution < -0.4 is 10.9 Å². The minimum Gasteiger partial charge on any atom is -0.272 e. The summed E-state index contributed by atoms with van der Waals surface area (Å²) in [6.45, 7) is 3.36. The molecule has 0 atom stereocenters. The molecule has 8 heteroatoms. The van der Waals surface area contributed by atoms with Gasteiger partial charge in [-0.2, -0.15) is 4.31 Å². The van der Waals surface area contributed by atoms with Crippen LogP contribution in [0, 0.1) is 13.8 Å². The van der Waals surface area contributed by atoms with Crippen molar-refractivity contribution in [2.24, 2.45) is 0 Å². The maximum atomic E-state index is 12.5. The molecule has 2 N–H and O–H groups in total. The summed E-state index contributed by atoms with van der Waals surface area (Å²) in [5.74, 6) is -1.19. The third kappa shape index (κ3) is 6.04. The maximum Gasteiger partial charge on any atom is 0.262 e. The summed E-state index contributed by atoms with van der Waals surface area (Å²) in [4.78, 5) is 23.8. The number of likely N-dealkylation sites (N-methyl/N-ethyl adjacent to an activating group) is 1. The number of hydrogen-bond acceptors (Lipinski definition) is 4. The predicted molar refractivity (Wildman–Crippen MR) is 107 cm³/mol. The Morgan fingerprint density at radius 2 is 1.68 bits per heavy atom. The normalized spacial score (nSPS) is 11.6. The van der Waals surface area contributed by atoms with E-state index >= 15 is 0 Å². The van der Waals surface area contributed by atoms with Crippen LogP contribution in [0.25, 0.3) is 6.08 Å². The number of aryl methyl sites for hydroxylation is 2. The summed E-state index contributed by atoms with van der Waals surface area (Å²) in [5.41, 5.74) is 7.27. The SMILES string of the molecule is Cc1ccc(S(=O)(=O)N(C)CC(=O)NNC(=O)/C=C/c2cccc(C)c2)cc1. The van der Waals surface area contributed by atoms with Crippen LogP contribution in [-0.4, -0.2) is 38.1 Å². The third-order valence-electron chi connectivity index (χ3n) is 3.89. The van der Waals surface area contributed by atoms with Gasteiger partial charge in [-0.05, 0) is 37.6 Å². The maximum absolute atomic E-state index is 12.5. The van der Waals surface area contributed by atoms with E-state index in [1.165, 1.54) is 25.3 Å². The molecular weight excluding hydrogens is 378 g/mol. The van der Waals surface area contributed by atoms with E-state index in [0.29, 0.717) is 0 Å². The Labute approximate surface area is 165 Å². The van der Waals surface area contributed by atoms with Crippen LogP contribution in [0.15, 0.2) is 59.5 Å². The summed E-state index contributed by atoms with van der Waals surface area (Å²) >= 11 is 0. The molecule has 0 heterocycles. The molecule has 2 amide bonds. The molecule has 0 bridgehead atoms. The number of nitrogens with zero attached hydrogens (tertiary/aromatic N) is 1. The van der Waals surface area contributed by atoms with E-state index in [-0.39, 0.29) is 4.90 Å². The van der Waals surface area contributed by atoms with Gasteiger partial charge in [-0.3, -0.25) is 20.4 Å². The van der Waals surface area contributed by atoms with Gasteiger partial charge in [-0.15, -0.1) is 0 Å². The molecule has 0 saturated heterocycles. The van der Waals surface area contributed by atoms with Gasteiger partial charge in [0.2, 0.25) is 10.0 Å². The van der Waals surface area contributed by atoms with Gasteiger partial charge in [-0.25, -0.2) is 8.42 Å². The number of sulfonamides is 1. The predicted octanol–water partition coefficient (Wildman–Crippen LogP) is 1.78. The molecule has 2 aromatic rings. The van der Waals surface area contributed by atoms with Crippen molar-refractivity contribution in [3.63, 3.8) is 0 Å². The first-order chi connectivity index (χ1) is 13.2. The fraction of sp³-hybridized carbons (Fsp3) is 0.200. The lowest BCUT2D eigenvalue weighted by Crippen LogP contribution is -2.46. The average molecular weight is 401 g/mol. The number of amides is 2. The minimum absolute atomic E-state index is 0.0959. The van der Waals surface area contributed by atoms with Gasteiger partial charge in [0.1, 0.15) is 0 Å². The zero-order valence-corrected chi connectivity index (χ0v) is 16.8.